The largest absolute Gasteiger partial charge is 0.492 e. The second-order valence-electron chi connectivity index (χ2n) is 2.99. The fraction of sp³-hybridized carbons (Fsp3) is 0.364. The average molecular weight is 273 g/mol. The Labute approximate surface area is 97.5 Å². The minimum atomic E-state index is -0.378. The molecule has 0 unspecified atom stereocenters. The van der Waals surface area contributed by atoms with Crippen LogP contribution < -0.4 is 4.74 Å². The van der Waals surface area contributed by atoms with Crippen molar-refractivity contribution in [1.29, 1.82) is 0 Å². The highest BCUT2D eigenvalue weighted by molar-refractivity contribution is 9.10. The molecule has 0 aliphatic rings. The molecule has 1 rings (SSSR count). The van der Waals surface area contributed by atoms with Gasteiger partial charge in [-0.2, -0.15) is 0 Å². The van der Waals surface area contributed by atoms with Crippen molar-refractivity contribution in [2.45, 2.75) is 13.8 Å². The van der Waals surface area contributed by atoms with E-state index < -0.39 is 0 Å². The Hall–Kier alpha value is -1.03. The van der Waals surface area contributed by atoms with Crippen LogP contribution >= 0.6 is 15.9 Å². The molecule has 0 spiro atoms. The number of hydrogen-bond acceptors (Lipinski definition) is 3. The molecule has 1 aromatic carbocycles. The molecule has 0 amide bonds. The van der Waals surface area contributed by atoms with Gasteiger partial charge in [0.25, 0.3) is 0 Å². The van der Waals surface area contributed by atoms with E-state index in [1.165, 1.54) is 7.11 Å². The molecule has 0 heterocycles. The number of carbonyl (C=O) groups excluding carboxylic acids is 1. The van der Waals surface area contributed by atoms with Crippen molar-refractivity contribution in [2.24, 2.45) is 0 Å². The van der Waals surface area contributed by atoms with Gasteiger partial charge in [0, 0.05) is 0 Å². The number of benzene rings is 1. The molecule has 82 valence electrons. The summed E-state index contributed by atoms with van der Waals surface area (Å²) < 4.78 is 10.9. The van der Waals surface area contributed by atoms with E-state index in [9.17, 15) is 4.79 Å². The number of rotatable bonds is 3. The van der Waals surface area contributed by atoms with Crippen molar-refractivity contribution in [2.75, 3.05) is 13.7 Å². The summed E-state index contributed by atoms with van der Waals surface area (Å²) in [6.45, 7) is 4.23. The fourth-order valence-electron chi connectivity index (χ4n) is 1.30. The van der Waals surface area contributed by atoms with Crippen LogP contribution in [-0.2, 0) is 4.74 Å². The van der Waals surface area contributed by atoms with Gasteiger partial charge >= 0.3 is 5.97 Å². The first-order valence-corrected chi connectivity index (χ1v) is 5.41. The predicted molar refractivity (Wildman–Crippen MR) is 61.4 cm³/mol. The lowest BCUT2D eigenvalue weighted by Gasteiger charge is -2.12. The van der Waals surface area contributed by atoms with Crippen LogP contribution in [0.15, 0.2) is 16.6 Å². The summed E-state index contributed by atoms with van der Waals surface area (Å²) in [5.41, 5.74) is 1.32. The SMILES string of the molecule is CCOc1c(Br)ccc(C)c1C(=O)OC. The van der Waals surface area contributed by atoms with Crippen molar-refractivity contribution < 1.29 is 14.3 Å². The highest BCUT2D eigenvalue weighted by Crippen LogP contribution is 2.32. The van der Waals surface area contributed by atoms with Gasteiger partial charge in [-0.3, -0.25) is 0 Å². The molecule has 0 bridgehead atoms. The lowest BCUT2D eigenvalue weighted by molar-refractivity contribution is 0.0595. The summed E-state index contributed by atoms with van der Waals surface area (Å²) in [7, 11) is 1.36. The van der Waals surface area contributed by atoms with Crippen LogP contribution in [0.4, 0.5) is 0 Å². The van der Waals surface area contributed by atoms with Crippen LogP contribution in [-0.4, -0.2) is 19.7 Å². The zero-order valence-corrected chi connectivity index (χ0v) is 10.6. The van der Waals surface area contributed by atoms with Gasteiger partial charge in [0.1, 0.15) is 11.3 Å². The maximum atomic E-state index is 11.6. The Morgan fingerprint density at radius 1 is 1.47 bits per heavy atom. The molecule has 0 N–H and O–H groups in total. The molecule has 0 saturated heterocycles. The number of hydrogen-bond donors (Lipinski definition) is 0. The molecule has 0 aliphatic heterocycles. The zero-order valence-electron chi connectivity index (χ0n) is 8.96. The van der Waals surface area contributed by atoms with Gasteiger partial charge in [-0.1, -0.05) is 6.07 Å². The highest BCUT2D eigenvalue weighted by atomic mass is 79.9. The van der Waals surface area contributed by atoms with E-state index >= 15 is 0 Å². The monoisotopic (exact) mass is 272 g/mol. The van der Waals surface area contributed by atoms with Crippen molar-refractivity contribution in [3.8, 4) is 5.75 Å². The van der Waals surface area contributed by atoms with Crippen molar-refractivity contribution in [1.82, 2.24) is 0 Å². The van der Waals surface area contributed by atoms with Gasteiger partial charge in [-0.05, 0) is 41.4 Å². The average Bonchev–Trinajstić information content (AvgIpc) is 2.23. The smallest absolute Gasteiger partial charge is 0.341 e. The van der Waals surface area contributed by atoms with Crippen LogP contribution in [0.3, 0.4) is 0 Å². The second-order valence-corrected chi connectivity index (χ2v) is 3.85. The first-order chi connectivity index (χ1) is 7.11. The Bertz CT molecular complexity index is 374. The Kier molecular flexibility index (Phi) is 4.15. The van der Waals surface area contributed by atoms with Crippen LogP contribution in [0.2, 0.25) is 0 Å². The predicted octanol–water partition coefficient (Wildman–Crippen LogP) is 2.94. The van der Waals surface area contributed by atoms with Gasteiger partial charge < -0.3 is 9.47 Å². The number of aryl methyl sites for hydroxylation is 1. The third-order valence-electron chi connectivity index (χ3n) is 2.00. The third-order valence-corrected chi connectivity index (χ3v) is 2.62. The van der Waals surface area contributed by atoms with Gasteiger partial charge in [0.15, 0.2) is 0 Å². The maximum absolute atomic E-state index is 11.6. The van der Waals surface area contributed by atoms with Crippen molar-refractivity contribution in [3.05, 3.63) is 27.7 Å². The molecule has 0 atom stereocenters. The first-order valence-electron chi connectivity index (χ1n) is 4.62. The number of carbonyl (C=O) groups is 1. The molecule has 4 heteroatoms. The van der Waals surface area contributed by atoms with E-state index in [4.69, 9.17) is 9.47 Å². The third kappa shape index (κ3) is 2.50. The number of esters is 1. The number of halogens is 1. The zero-order chi connectivity index (χ0) is 11.4. The maximum Gasteiger partial charge on any atom is 0.341 e. The Morgan fingerprint density at radius 2 is 2.13 bits per heavy atom. The molecule has 3 nitrogen and oxygen atoms in total. The molecule has 0 aliphatic carbocycles. The van der Waals surface area contributed by atoms with E-state index in [1.807, 2.05) is 26.0 Å². The summed E-state index contributed by atoms with van der Waals surface area (Å²) in [6, 6.07) is 3.70. The van der Waals surface area contributed by atoms with Crippen molar-refractivity contribution in [3.63, 3.8) is 0 Å². The highest BCUT2D eigenvalue weighted by Gasteiger charge is 2.18. The molecule has 15 heavy (non-hydrogen) atoms. The van der Waals surface area contributed by atoms with Crippen LogP contribution in [0.1, 0.15) is 22.8 Å². The minimum absolute atomic E-state index is 0.378. The molecule has 0 fully saturated rings. The molecule has 0 aromatic heterocycles. The van der Waals surface area contributed by atoms with E-state index in [2.05, 4.69) is 15.9 Å². The standard InChI is InChI=1S/C11H13BrO3/c1-4-15-10-8(12)6-5-7(2)9(10)11(13)14-3/h5-6H,4H2,1-3H3. The van der Waals surface area contributed by atoms with E-state index in [-0.39, 0.29) is 5.97 Å². The summed E-state index contributed by atoms with van der Waals surface area (Å²) in [6.07, 6.45) is 0. The number of methoxy groups -OCH3 is 1. The second kappa shape index (κ2) is 5.16. The summed E-state index contributed by atoms with van der Waals surface area (Å²) in [4.78, 5) is 11.6. The normalized spacial score (nSPS) is 9.87. The Morgan fingerprint density at radius 3 is 2.67 bits per heavy atom. The van der Waals surface area contributed by atoms with Gasteiger partial charge in [0.2, 0.25) is 0 Å². The molecule has 1 aromatic rings. The molecular formula is C11H13BrO3. The number of ether oxygens (including phenoxy) is 2. The lowest BCUT2D eigenvalue weighted by Crippen LogP contribution is -2.08. The fourth-order valence-corrected chi connectivity index (χ4v) is 1.74. The quantitative estimate of drug-likeness (QED) is 0.794. The van der Waals surface area contributed by atoms with E-state index in [1.54, 1.807) is 0 Å². The first kappa shape index (κ1) is 12.0. The van der Waals surface area contributed by atoms with Gasteiger partial charge in [-0.15, -0.1) is 0 Å². The van der Waals surface area contributed by atoms with Gasteiger partial charge in [0.05, 0.1) is 18.2 Å². The summed E-state index contributed by atoms with van der Waals surface area (Å²) in [5, 5.41) is 0. The van der Waals surface area contributed by atoms with Crippen LogP contribution in [0, 0.1) is 6.92 Å². The van der Waals surface area contributed by atoms with Crippen LogP contribution in [0.5, 0.6) is 5.75 Å². The lowest BCUT2D eigenvalue weighted by atomic mass is 10.1. The van der Waals surface area contributed by atoms with E-state index in [0.717, 1.165) is 10.0 Å². The Balaban J connectivity index is 3.31. The molecular weight excluding hydrogens is 260 g/mol. The topological polar surface area (TPSA) is 35.5 Å². The minimum Gasteiger partial charge on any atom is -0.492 e. The van der Waals surface area contributed by atoms with Gasteiger partial charge in [-0.25, -0.2) is 4.79 Å². The molecule has 0 radical (unpaired) electrons. The molecule has 0 saturated carbocycles. The van der Waals surface area contributed by atoms with Crippen LogP contribution in [0.25, 0.3) is 0 Å². The van der Waals surface area contributed by atoms with Crippen molar-refractivity contribution >= 4 is 21.9 Å². The summed E-state index contributed by atoms with van der Waals surface area (Å²) >= 11 is 3.35. The summed E-state index contributed by atoms with van der Waals surface area (Å²) in [5.74, 6) is 0.168. The van der Waals surface area contributed by atoms with E-state index in [0.29, 0.717) is 17.9 Å².